The number of benzene rings is 1. The first kappa shape index (κ1) is 10.8. The molecular formula is C12H12FN5. The lowest BCUT2D eigenvalue weighted by Crippen LogP contribution is -1.98. The van der Waals surface area contributed by atoms with Crippen LogP contribution in [0.1, 0.15) is 6.92 Å². The number of nitrogens with one attached hydrogen (secondary N) is 1. The number of hydrogen-bond acceptors (Lipinski definition) is 3. The van der Waals surface area contributed by atoms with Crippen LogP contribution in [-0.4, -0.2) is 19.7 Å². The van der Waals surface area contributed by atoms with Crippen LogP contribution in [0.5, 0.6) is 0 Å². The third-order valence-electron chi connectivity index (χ3n) is 2.94. The SMILES string of the molecule is CCn1c(-c2cn[nH]c2N)nc2cc(F)ccc21. The van der Waals surface area contributed by atoms with E-state index in [1.165, 1.54) is 12.1 Å². The van der Waals surface area contributed by atoms with Crippen molar-refractivity contribution < 1.29 is 4.39 Å². The summed E-state index contributed by atoms with van der Waals surface area (Å²) in [6.07, 6.45) is 1.62. The highest BCUT2D eigenvalue weighted by molar-refractivity contribution is 5.82. The topological polar surface area (TPSA) is 72.5 Å². The molecule has 3 rings (SSSR count). The Kier molecular flexibility index (Phi) is 2.29. The Bertz CT molecular complexity index is 712. The molecule has 0 spiro atoms. The molecule has 0 atom stereocenters. The molecule has 0 saturated carbocycles. The van der Waals surface area contributed by atoms with Crippen molar-refractivity contribution in [2.45, 2.75) is 13.5 Å². The first-order chi connectivity index (χ1) is 8.70. The van der Waals surface area contributed by atoms with Crippen LogP contribution in [0.3, 0.4) is 0 Å². The number of anilines is 1. The van der Waals surface area contributed by atoms with Crippen LogP contribution < -0.4 is 5.73 Å². The zero-order valence-electron chi connectivity index (χ0n) is 9.81. The van der Waals surface area contributed by atoms with Crippen LogP contribution >= 0.6 is 0 Å². The van der Waals surface area contributed by atoms with E-state index in [4.69, 9.17) is 5.73 Å². The number of rotatable bonds is 2. The molecule has 0 fully saturated rings. The molecule has 2 heterocycles. The largest absolute Gasteiger partial charge is 0.383 e. The monoisotopic (exact) mass is 245 g/mol. The van der Waals surface area contributed by atoms with E-state index in [1.807, 2.05) is 11.5 Å². The van der Waals surface area contributed by atoms with E-state index < -0.39 is 0 Å². The third-order valence-corrected chi connectivity index (χ3v) is 2.94. The summed E-state index contributed by atoms with van der Waals surface area (Å²) in [6.45, 7) is 2.73. The Morgan fingerprint density at radius 1 is 1.44 bits per heavy atom. The van der Waals surface area contributed by atoms with Gasteiger partial charge in [-0.25, -0.2) is 9.37 Å². The van der Waals surface area contributed by atoms with Crippen molar-refractivity contribution in [3.63, 3.8) is 0 Å². The molecule has 6 heteroatoms. The van der Waals surface area contributed by atoms with Gasteiger partial charge < -0.3 is 10.3 Å². The number of imidazole rings is 1. The lowest BCUT2D eigenvalue weighted by atomic mass is 10.3. The number of aromatic amines is 1. The van der Waals surface area contributed by atoms with E-state index in [2.05, 4.69) is 15.2 Å². The second-order valence-corrected chi connectivity index (χ2v) is 4.01. The molecule has 0 aliphatic carbocycles. The summed E-state index contributed by atoms with van der Waals surface area (Å²) in [5.41, 5.74) is 8.03. The molecule has 18 heavy (non-hydrogen) atoms. The Balaban J connectivity index is 2.32. The van der Waals surface area contributed by atoms with Gasteiger partial charge in [0.2, 0.25) is 0 Å². The molecule has 0 unspecified atom stereocenters. The molecule has 0 bridgehead atoms. The molecular weight excluding hydrogens is 233 g/mol. The van der Waals surface area contributed by atoms with Crippen molar-refractivity contribution in [3.05, 3.63) is 30.2 Å². The van der Waals surface area contributed by atoms with Crippen LogP contribution in [0.4, 0.5) is 10.2 Å². The maximum Gasteiger partial charge on any atom is 0.146 e. The van der Waals surface area contributed by atoms with Gasteiger partial charge in [-0.2, -0.15) is 5.10 Å². The Hall–Kier alpha value is -2.37. The van der Waals surface area contributed by atoms with Crippen molar-refractivity contribution in [3.8, 4) is 11.4 Å². The summed E-state index contributed by atoms with van der Waals surface area (Å²) < 4.78 is 15.2. The maximum atomic E-state index is 13.2. The van der Waals surface area contributed by atoms with Gasteiger partial charge >= 0.3 is 0 Å². The molecule has 5 nitrogen and oxygen atoms in total. The normalized spacial score (nSPS) is 11.2. The average Bonchev–Trinajstić information content (AvgIpc) is 2.91. The predicted molar refractivity (Wildman–Crippen MR) is 67.4 cm³/mol. The van der Waals surface area contributed by atoms with E-state index in [0.717, 1.165) is 17.6 Å². The number of aromatic nitrogens is 4. The molecule has 0 aliphatic heterocycles. The number of nitrogen functional groups attached to an aromatic ring is 1. The number of hydrogen-bond donors (Lipinski definition) is 2. The van der Waals surface area contributed by atoms with Gasteiger partial charge in [-0.3, -0.25) is 5.10 Å². The van der Waals surface area contributed by atoms with E-state index in [-0.39, 0.29) is 5.82 Å². The van der Waals surface area contributed by atoms with Gasteiger partial charge in [0.15, 0.2) is 0 Å². The summed E-state index contributed by atoms with van der Waals surface area (Å²) in [5.74, 6) is 0.861. The second kappa shape index (κ2) is 3.83. The number of aryl methyl sites for hydroxylation is 1. The Labute approximate surface area is 102 Å². The predicted octanol–water partition coefficient (Wildman–Crippen LogP) is 2.17. The van der Waals surface area contributed by atoms with Gasteiger partial charge in [0.1, 0.15) is 17.5 Å². The number of fused-ring (bicyclic) bond motifs is 1. The molecule has 3 N–H and O–H groups in total. The standard InChI is InChI=1S/C12H12FN5/c1-2-18-10-4-3-7(13)5-9(10)16-12(18)8-6-15-17-11(8)14/h3-6H,2H2,1H3,(H3,14,15,17). The summed E-state index contributed by atoms with van der Waals surface area (Å²) in [5, 5.41) is 6.56. The highest BCUT2D eigenvalue weighted by Gasteiger charge is 2.15. The molecule has 0 saturated heterocycles. The van der Waals surface area contributed by atoms with Gasteiger partial charge in [-0.1, -0.05) is 0 Å². The Morgan fingerprint density at radius 2 is 2.28 bits per heavy atom. The van der Waals surface area contributed by atoms with Crippen molar-refractivity contribution in [1.29, 1.82) is 0 Å². The van der Waals surface area contributed by atoms with Crippen LogP contribution in [0.15, 0.2) is 24.4 Å². The number of halogens is 1. The molecule has 92 valence electrons. The quantitative estimate of drug-likeness (QED) is 0.726. The van der Waals surface area contributed by atoms with E-state index in [1.54, 1.807) is 12.3 Å². The van der Waals surface area contributed by atoms with Crippen molar-refractivity contribution in [2.75, 3.05) is 5.73 Å². The van der Waals surface area contributed by atoms with Gasteiger partial charge in [-0.05, 0) is 19.1 Å². The number of nitrogens with two attached hydrogens (primary N) is 1. The van der Waals surface area contributed by atoms with Gasteiger partial charge in [0, 0.05) is 12.6 Å². The van der Waals surface area contributed by atoms with Crippen LogP contribution in [0, 0.1) is 5.82 Å². The minimum atomic E-state index is -0.296. The van der Waals surface area contributed by atoms with Gasteiger partial charge in [0.25, 0.3) is 0 Å². The summed E-state index contributed by atoms with van der Waals surface area (Å²) in [4.78, 5) is 4.43. The minimum Gasteiger partial charge on any atom is -0.383 e. The van der Waals surface area contributed by atoms with Crippen LogP contribution in [0.2, 0.25) is 0 Å². The minimum absolute atomic E-state index is 0.296. The van der Waals surface area contributed by atoms with Gasteiger partial charge in [-0.15, -0.1) is 0 Å². The zero-order valence-corrected chi connectivity index (χ0v) is 9.81. The van der Waals surface area contributed by atoms with Crippen LogP contribution in [0.25, 0.3) is 22.4 Å². The molecule has 3 aromatic rings. The lowest BCUT2D eigenvalue weighted by molar-refractivity contribution is 0.629. The van der Waals surface area contributed by atoms with Crippen molar-refractivity contribution >= 4 is 16.9 Å². The molecule has 2 aromatic heterocycles. The fourth-order valence-electron chi connectivity index (χ4n) is 2.10. The fourth-order valence-corrected chi connectivity index (χ4v) is 2.10. The highest BCUT2D eigenvalue weighted by Crippen LogP contribution is 2.27. The van der Waals surface area contributed by atoms with E-state index in [0.29, 0.717) is 17.2 Å². The summed E-state index contributed by atoms with van der Waals surface area (Å²) >= 11 is 0. The third kappa shape index (κ3) is 1.46. The molecule has 0 radical (unpaired) electrons. The van der Waals surface area contributed by atoms with E-state index in [9.17, 15) is 4.39 Å². The van der Waals surface area contributed by atoms with Crippen LogP contribution in [-0.2, 0) is 6.54 Å². The highest BCUT2D eigenvalue weighted by atomic mass is 19.1. The first-order valence-corrected chi connectivity index (χ1v) is 5.65. The van der Waals surface area contributed by atoms with Gasteiger partial charge in [0.05, 0.1) is 22.8 Å². The summed E-state index contributed by atoms with van der Waals surface area (Å²) in [6, 6.07) is 4.57. The average molecular weight is 245 g/mol. The first-order valence-electron chi connectivity index (χ1n) is 5.65. The second-order valence-electron chi connectivity index (χ2n) is 4.01. The number of H-pyrrole nitrogens is 1. The van der Waals surface area contributed by atoms with Crippen molar-refractivity contribution in [1.82, 2.24) is 19.7 Å². The lowest BCUT2D eigenvalue weighted by Gasteiger charge is -2.04. The maximum absolute atomic E-state index is 13.2. The number of nitrogens with zero attached hydrogens (tertiary/aromatic N) is 3. The van der Waals surface area contributed by atoms with E-state index >= 15 is 0 Å². The molecule has 0 amide bonds. The molecule has 0 aliphatic rings. The zero-order chi connectivity index (χ0) is 12.7. The smallest absolute Gasteiger partial charge is 0.146 e. The van der Waals surface area contributed by atoms with Crippen molar-refractivity contribution in [2.24, 2.45) is 0 Å². The molecule has 1 aromatic carbocycles. The fraction of sp³-hybridized carbons (Fsp3) is 0.167. The Morgan fingerprint density at radius 3 is 2.94 bits per heavy atom. The summed E-state index contributed by atoms with van der Waals surface area (Å²) in [7, 11) is 0.